The molecule has 19 heavy (non-hydrogen) atoms. The van der Waals surface area contributed by atoms with E-state index in [1.165, 1.54) is 4.90 Å². The zero-order chi connectivity index (χ0) is 13.8. The first-order valence-electron chi connectivity index (χ1n) is 5.76. The van der Waals surface area contributed by atoms with E-state index in [1.807, 2.05) is 6.92 Å². The molecule has 5 nitrogen and oxygen atoms in total. The molecule has 0 saturated carbocycles. The SMILES string of the molecule is CCN(C(=O)c1cc(F)cnc1N)c1ccncc1. The van der Waals surface area contributed by atoms with Crippen LogP contribution in [0.15, 0.2) is 36.8 Å². The summed E-state index contributed by atoms with van der Waals surface area (Å²) in [5.74, 6) is -0.972. The van der Waals surface area contributed by atoms with Gasteiger partial charge in [0.25, 0.3) is 5.91 Å². The molecular weight excluding hydrogens is 247 g/mol. The fraction of sp³-hybridized carbons (Fsp3) is 0.154. The molecule has 2 aromatic heterocycles. The molecule has 0 spiro atoms. The molecule has 0 unspecified atom stereocenters. The third kappa shape index (κ3) is 2.67. The van der Waals surface area contributed by atoms with Crippen molar-refractivity contribution in [2.24, 2.45) is 0 Å². The summed E-state index contributed by atoms with van der Waals surface area (Å²) in [5.41, 5.74) is 6.35. The number of aromatic nitrogens is 2. The number of amides is 1. The molecule has 2 heterocycles. The van der Waals surface area contributed by atoms with E-state index in [0.29, 0.717) is 12.2 Å². The van der Waals surface area contributed by atoms with Crippen LogP contribution in [0.2, 0.25) is 0 Å². The summed E-state index contributed by atoms with van der Waals surface area (Å²) in [5, 5.41) is 0. The van der Waals surface area contributed by atoms with Gasteiger partial charge in [0.1, 0.15) is 11.6 Å². The van der Waals surface area contributed by atoms with E-state index in [9.17, 15) is 9.18 Å². The predicted octanol–water partition coefficient (Wildman–Crippen LogP) is 1.86. The second-order valence-electron chi connectivity index (χ2n) is 3.84. The average Bonchev–Trinajstić information content (AvgIpc) is 2.43. The number of halogens is 1. The predicted molar refractivity (Wildman–Crippen MR) is 70.2 cm³/mol. The summed E-state index contributed by atoms with van der Waals surface area (Å²) in [7, 11) is 0. The van der Waals surface area contributed by atoms with Crippen LogP contribution in [-0.4, -0.2) is 22.4 Å². The summed E-state index contributed by atoms with van der Waals surface area (Å²) in [4.78, 5) is 21.4. The smallest absolute Gasteiger partial charge is 0.262 e. The third-order valence-electron chi connectivity index (χ3n) is 2.65. The first kappa shape index (κ1) is 12.9. The average molecular weight is 260 g/mol. The highest BCUT2D eigenvalue weighted by atomic mass is 19.1. The molecule has 0 atom stereocenters. The van der Waals surface area contributed by atoms with Crippen molar-refractivity contribution >= 4 is 17.4 Å². The zero-order valence-corrected chi connectivity index (χ0v) is 10.4. The molecule has 2 rings (SSSR count). The molecule has 0 aliphatic rings. The van der Waals surface area contributed by atoms with E-state index in [4.69, 9.17) is 5.73 Å². The Kier molecular flexibility index (Phi) is 3.70. The molecule has 0 aliphatic carbocycles. The lowest BCUT2D eigenvalue weighted by molar-refractivity contribution is 0.0988. The molecule has 0 aliphatic heterocycles. The van der Waals surface area contributed by atoms with E-state index in [0.717, 1.165) is 12.3 Å². The van der Waals surface area contributed by atoms with Crippen LogP contribution < -0.4 is 10.6 Å². The summed E-state index contributed by atoms with van der Waals surface area (Å²) >= 11 is 0. The van der Waals surface area contributed by atoms with Gasteiger partial charge in [-0.25, -0.2) is 9.37 Å². The highest BCUT2D eigenvalue weighted by Crippen LogP contribution is 2.18. The summed E-state index contributed by atoms with van der Waals surface area (Å²) in [6, 6.07) is 4.49. The summed E-state index contributed by atoms with van der Waals surface area (Å²) < 4.78 is 13.2. The molecule has 0 bridgehead atoms. The van der Waals surface area contributed by atoms with E-state index < -0.39 is 11.7 Å². The van der Waals surface area contributed by atoms with Crippen molar-refractivity contribution in [1.29, 1.82) is 0 Å². The van der Waals surface area contributed by atoms with Gasteiger partial charge in [-0.2, -0.15) is 0 Å². The molecule has 2 N–H and O–H groups in total. The highest BCUT2D eigenvalue weighted by molar-refractivity contribution is 6.08. The second kappa shape index (κ2) is 5.43. The Balaban J connectivity index is 2.39. The van der Waals surface area contributed by atoms with Gasteiger partial charge in [-0.05, 0) is 25.1 Å². The number of pyridine rings is 2. The first-order chi connectivity index (χ1) is 9.13. The number of nitrogens with zero attached hydrogens (tertiary/aromatic N) is 3. The maximum absolute atomic E-state index is 13.2. The van der Waals surface area contributed by atoms with E-state index in [-0.39, 0.29) is 11.4 Å². The third-order valence-corrected chi connectivity index (χ3v) is 2.65. The van der Waals surface area contributed by atoms with Gasteiger partial charge < -0.3 is 10.6 Å². The fourth-order valence-electron chi connectivity index (χ4n) is 1.73. The second-order valence-corrected chi connectivity index (χ2v) is 3.84. The van der Waals surface area contributed by atoms with E-state index >= 15 is 0 Å². The van der Waals surface area contributed by atoms with Crippen LogP contribution in [0.4, 0.5) is 15.9 Å². The maximum Gasteiger partial charge on any atom is 0.262 e. The van der Waals surface area contributed by atoms with Crippen LogP contribution in [0.5, 0.6) is 0 Å². The van der Waals surface area contributed by atoms with Crippen molar-refractivity contribution in [2.45, 2.75) is 6.92 Å². The van der Waals surface area contributed by atoms with Crippen LogP contribution in [0.1, 0.15) is 17.3 Å². The molecule has 0 aromatic carbocycles. The lowest BCUT2D eigenvalue weighted by Gasteiger charge is -2.21. The van der Waals surface area contributed by atoms with Crippen molar-refractivity contribution in [3.05, 3.63) is 48.2 Å². The van der Waals surface area contributed by atoms with Crippen LogP contribution >= 0.6 is 0 Å². The molecular formula is C13H13FN4O. The number of rotatable bonds is 3. The first-order valence-corrected chi connectivity index (χ1v) is 5.76. The minimum absolute atomic E-state index is 0.0129. The Bertz CT molecular complexity index is 588. The Morgan fingerprint density at radius 2 is 2.11 bits per heavy atom. The van der Waals surface area contributed by atoms with Crippen molar-refractivity contribution in [3.63, 3.8) is 0 Å². The summed E-state index contributed by atoms with van der Waals surface area (Å²) in [6.07, 6.45) is 4.14. The Hall–Kier alpha value is -2.50. The quantitative estimate of drug-likeness (QED) is 0.914. The Morgan fingerprint density at radius 1 is 1.42 bits per heavy atom. The van der Waals surface area contributed by atoms with Gasteiger partial charge in [0, 0.05) is 24.6 Å². The molecule has 0 fully saturated rings. The molecule has 6 heteroatoms. The largest absolute Gasteiger partial charge is 0.383 e. The molecule has 98 valence electrons. The van der Waals surface area contributed by atoms with E-state index in [2.05, 4.69) is 9.97 Å². The minimum atomic E-state index is -0.594. The van der Waals surface area contributed by atoms with Crippen LogP contribution in [0.25, 0.3) is 0 Å². The van der Waals surface area contributed by atoms with Crippen LogP contribution in [0.3, 0.4) is 0 Å². The standard InChI is InChI=1S/C13H13FN4O/c1-2-18(10-3-5-16-6-4-10)13(19)11-7-9(14)8-17-12(11)15/h3-8H,2H2,1H3,(H2,15,17). The van der Waals surface area contributed by atoms with Crippen LogP contribution in [0, 0.1) is 5.82 Å². The molecule has 2 aromatic rings. The van der Waals surface area contributed by atoms with Crippen molar-refractivity contribution < 1.29 is 9.18 Å². The normalized spacial score (nSPS) is 10.2. The number of nitrogens with two attached hydrogens (primary N) is 1. The maximum atomic E-state index is 13.2. The Morgan fingerprint density at radius 3 is 2.74 bits per heavy atom. The number of hydrogen-bond donors (Lipinski definition) is 1. The number of hydrogen-bond acceptors (Lipinski definition) is 4. The van der Waals surface area contributed by atoms with Gasteiger partial charge in [-0.15, -0.1) is 0 Å². The monoisotopic (exact) mass is 260 g/mol. The van der Waals surface area contributed by atoms with Gasteiger partial charge in [0.05, 0.1) is 11.8 Å². The van der Waals surface area contributed by atoms with Gasteiger partial charge >= 0.3 is 0 Å². The van der Waals surface area contributed by atoms with Gasteiger partial charge in [-0.3, -0.25) is 9.78 Å². The topological polar surface area (TPSA) is 72.1 Å². The number of carbonyl (C=O) groups excluding carboxylic acids is 1. The molecule has 1 amide bonds. The lowest BCUT2D eigenvalue weighted by Crippen LogP contribution is -2.31. The zero-order valence-electron chi connectivity index (χ0n) is 10.4. The van der Waals surface area contributed by atoms with Gasteiger partial charge in [-0.1, -0.05) is 0 Å². The molecule has 0 radical (unpaired) electrons. The number of anilines is 2. The van der Waals surface area contributed by atoms with Gasteiger partial charge in [0.15, 0.2) is 0 Å². The summed E-state index contributed by atoms with van der Waals surface area (Å²) in [6.45, 7) is 2.25. The lowest BCUT2D eigenvalue weighted by atomic mass is 10.2. The highest BCUT2D eigenvalue weighted by Gasteiger charge is 2.19. The Labute approximate surface area is 109 Å². The number of carbonyl (C=O) groups is 1. The van der Waals surface area contributed by atoms with E-state index in [1.54, 1.807) is 24.5 Å². The molecule has 0 saturated heterocycles. The van der Waals surface area contributed by atoms with Crippen molar-refractivity contribution in [3.8, 4) is 0 Å². The van der Waals surface area contributed by atoms with Crippen molar-refractivity contribution in [2.75, 3.05) is 17.2 Å². The van der Waals surface area contributed by atoms with Crippen LogP contribution in [-0.2, 0) is 0 Å². The minimum Gasteiger partial charge on any atom is -0.383 e. The number of nitrogen functional groups attached to an aromatic ring is 1. The fourth-order valence-corrected chi connectivity index (χ4v) is 1.73. The van der Waals surface area contributed by atoms with Gasteiger partial charge in [0.2, 0.25) is 0 Å². The van der Waals surface area contributed by atoms with Crippen molar-refractivity contribution in [1.82, 2.24) is 9.97 Å².